The molecular weight excluding hydrogens is 272 g/mol. The summed E-state index contributed by atoms with van der Waals surface area (Å²) in [7, 11) is 0. The molecule has 1 N–H and O–H groups in total. The quantitative estimate of drug-likeness (QED) is 0.940. The van der Waals surface area contributed by atoms with Gasteiger partial charge in [-0.3, -0.25) is 4.79 Å². The Labute approximate surface area is 122 Å². The van der Waals surface area contributed by atoms with E-state index in [-0.39, 0.29) is 5.91 Å². The second-order valence-corrected chi connectivity index (χ2v) is 6.12. The largest absolute Gasteiger partial charge is 0.356 e. The van der Waals surface area contributed by atoms with E-state index in [9.17, 15) is 4.79 Å². The van der Waals surface area contributed by atoms with Gasteiger partial charge in [0.2, 0.25) is 5.91 Å². The van der Waals surface area contributed by atoms with Crippen molar-refractivity contribution in [2.45, 2.75) is 19.8 Å². The molecule has 1 fully saturated rings. The van der Waals surface area contributed by atoms with Gasteiger partial charge in [-0.15, -0.1) is 11.3 Å². The van der Waals surface area contributed by atoms with Crippen molar-refractivity contribution in [3.05, 3.63) is 17.8 Å². The van der Waals surface area contributed by atoms with Crippen LogP contribution in [0.4, 0.5) is 5.82 Å². The van der Waals surface area contributed by atoms with Crippen LogP contribution in [0.1, 0.15) is 19.8 Å². The molecule has 3 heterocycles. The number of thiophene rings is 1. The third-order valence-electron chi connectivity index (χ3n) is 3.70. The number of hydrogen-bond acceptors (Lipinski definition) is 5. The van der Waals surface area contributed by atoms with Gasteiger partial charge in [-0.25, -0.2) is 9.97 Å². The SMILES string of the molecule is CC(=O)NCC1CCCN(c2ncnc3sccc23)C1. The molecule has 6 heteroatoms. The van der Waals surface area contributed by atoms with Crippen molar-refractivity contribution >= 4 is 33.3 Å². The molecule has 1 saturated heterocycles. The van der Waals surface area contributed by atoms with Crippen molar-refractivity contribution in [3.63, 3.8) is 0 Å². The van der Waals surface area contributed by atoms with Gasteiger partial charge in [0.25, 0.3) is 0 Å². The number of nitrogens with zero attached hydrogens (tertiary/aromatic N) is 3. The van der Waals surface area contributed by atoms with E-state index in [4.69, 9.17) is 0 Å². The van der Waals surface area contributed by atoms with Gasteiger partial charge in [0.15, 0.2) is 0 Å². The molecule has 5 nitrogen and oxygen atoms in total. The van der Waals surface area contributed by atoms with Crippen LogP contribution in [0.3, 0.4) is 0 Å². The number of carbonyl (C=O) groups is 1. The Kier molecular flexibility index (Phi) is 3.82. The Morgan fingerprint density at radius 1 is 1.55 bits per heavy atom. The molecule has 2 aromatic heterocycles. The van der Waals surface area contributed by atoms with E-state index in [1.807, 2.05) is 0 Å². The molecule has 0 radical (unpaired) electrons. The lowest BCUT2D eigenvalue weighted by Crippen LogP contribution is -2.41. The summed E-state index contributed by atoms with van der Waals surface area (Å²) >= 11 is 1.65. The van der Waals surface area contributed by atoms with Crippen LogP contribution in [-0.4, -0.2) is 35.5 Å². The molecule has 1 amide bonds. The van der Waals surface area contributed by atoms with Crippen molar-refractivity contribution in [2.75, 3.05) is 24.5 Å². The fourth-order valence-electron chi connectivity index (χ4n) is 2.74. The predicted octanol–water partition coefficient (Wildman–Crippen LogP) is 2.04. The summed E-state index contributed by atoms with van der Waals surface area (Å²) in [5.41, 5.74) is 0. The van der Waals surface area contributed by atoms with Crippen molar-refractivity contribution in [1.29, 1.82) is 0 Å². The molecule has 0 aromatic carbocycles. The van der Waals surface area contributed by atoms with E-state index in [2.05, 4.69) is 31.6 Å². The zero-order valence-corrected chi connectivity index (χ0v) is 12.3. The molecule has 106 valence electrons. The zero-order valence-electron chi connectivity index (χ0n) is 11.5. The number of carbonyl (C=O) groups excluding carboxylic acids is 1. The highest BCUT2D eigenvalue weighted by Crippen LogP contribution is 2.29. The first-order valence-corrected chi connectivity index (χ1v) is 7.79. The van der Waals surface area contributed by atoms with E-state index < -0.39 is 0 Å². The lowest BCUT2D eigenvalue weighted by Gasteiger charge is -2.33. The minimum atomic E-state index is 0.0457. The maximum atomic E-state index is 11.0. The third-order valence-corrected chi connectivity index (χ3v) is 4.52. The molecule has 0 aliphatic carbocycles. The van der Waals surface area contributed by atoms with Crippen LogP contribution in [0.5, 0.6) is 0 Å². The standard InChI is InChI=1S/C14H18N4OS/c1-10(19)15-7-11-3-2-5-18(8-11)13-12-4-6-20-14(12)17-9-16-13/h4,6,9,11H,2-3,5,7-8H2,1H3,(H,15,19). The average molecular weight is 290 g/mol. The number of nitrogens with one attached hydrogen (secondary N) is 1. The Morgan fingerprint density at radius 2 is 2.45 bits per heavy atom. The minimum Gasteiger partial charge on any atom is -0.356 e. The highest BCUT2D eigenvalue weighted by atomic mass is 32.1. The summed E-state index contributed by atoms with van der Waals surface area (Å²) in [6.07, 6.45) is 3.94. The van der Waals surface area contributed by atoms with Gasteiger partial charge >= 0.3 is 0 Å². The van der Waals surface area contributed by atoms with E-state index >= 15 is 0 Å². The van der Waals surface area contributed by atoms with Crippen LogP contribution in [0, 0.1) is 5.92 Å². The van der Waals surface area contributed by atoms with Crippen molar-refractivity contribution in [3.8, 4) is 0 Å². The number of piperidine rings is 1. The van der Waals surface area contributed by atoms with Gasteiger partial charge in [0.05, 0.1) is 5.39 Å². The Morgan fingerprint density at radius 3 is 3.30 bits per heavy atom. The summed E-state index contributed by atoms with van der Waals surface area (Å²) in [4.78, 5) is 23.2. The molecule has 1 atom stereocenters. The molecule has 2 aromatic rings. The first kappa shape index (κ1) is 13.3. The molecule has 0 saturated carbocycles. The molecule has 1 unspecified atom stereocenters. The van der Waals surface area contributed by atoms with E-state index in [1.165, 1.54) is 0 Å². The fraction of sp³-hybridized carbons (Fsp3) is 0.500. The first-order chi connectivity index (χ1) is 9.74. The average Bonchev–Trinajstić information content (AvgIpc) is 2.93. The van der Waals surface area contributed by atoms with Gasteiger partial charge < -0.3 is 10.2 Å². The maximum absolute atomic E-state index is 11.0. The van der Waals surface area contributed by atoms with E-state index in [0.717, 1.165) is 48.5 Å². The normalized spacial score (nSPS) is 19.2. The highest BCUT2D eigenvalue weighted by Gasteiger charge is 2.22. The highest BCUT2D eigenvalue weighted by molar-refractivity contribution is 7.16. The molecule has 0 spiro atoms. The van der Waals surface area contributed by atoms with Crippen LogP contribution in [0.2, 0.25) is 0 Å². The fourth-order valence-corrected chi connectivity index (χ4v) is 3.47. The minimum absolute atomic E-state index is 0.0457. The van der Waals surface area contributed by atoms with Crippen molar-refractivity contribution in [1.82, 2.24) is 15.3 Å². The lowest BCUT2D eigenvalue weighted by molar-refractivity contribution is -0.119. The van der Waals surface area contributed by atoms with Crippen LogP contribution in [0.25, 0.3) is 10.2 Å². The number of fused-ring (bicyclic) bond motifs is 1. The molecule has 20 heavy (non-hydrogen) atoms. The number of anilines is 1. The third kappa shape index (κ3) is 2.75. The maximum Gasteiger partial charge on any atom is 0.216 e. The molecule has 3 rings (SSSR count). The zero-order chi connectivity index (χ0) is 13.9. The summed E-state index contributed by atoms with van der Waals surface area (Å²) in [6.45, 7) is 4.30. The lowest BCUT2D eigenvalue weighted by atomic mass is 9.98. The van der Waals surface area contributed by atoms with Crippen LogP contribution < -0.4 is 10.2 Å². The number of aromatic nitrogens is 2. The van der Waals surface area contributed by atoms with Crippen LogP contribution >= 0.6 is 11.3 Å². The first-order valence-electron chi connectivity index (χ1n) is 6.91. The predicted molar refractivity (Wildman–Crippen MR) is 81.0 cm³/mol. The summed E-state index contributed by atoms with van der Waals surface area (Å²) in [6, 6.07) is 2.09. The second-order valence-electron chi connectivity index (χ2n) is 5.23. The second kappa shape index (κ2) is 5.75. The van der Waals surface area contributed by atoms with Gasteiger partial charge in [0.1, 0.15) is 17.0 Å². The molecule has 1 aliphatic heterocycles. The number of hydrogen-bond donors (Lipinski definition) is 1. The Hall–Kier alpha value is -1.69. The summed E-state index contributed by atoms with van der Waals surface area (Å²) in [5, 5.41) is 6.12. The van der Waals surface area contributed by atoms with Gasteiger partial charge in [-0.1, -0.05) is 0 Å². The van der Waals surface area contributed by atoms with Gasteiger partial charge in [0, 0.05) is 26.6 Å². The Bertz CT molecular complexity index is 612. The van der Waals surface area contributed by atoms with Crippen molar-refractivity contribution in [2.24, 2.45) is 5.92 Å². The molecular formula is C14H18N4OS. The number of amides is 1. The Balaban J connectivity index is 1.76. The van der Waals surface area contributed by atoms with Gasteiger partial charge in [-0.05, 0) is 30.2 Å². The topological polar surface area (TPSA) is 58.1 Å². The van der Waals surface area contributed by atoms with E-state index in [1.54, 1.807) is 24.6 Å². The summed E-state index contributed by atoms with van der Waals surface area (Å²) < 4.78 is 0. The van der Waals surface area contributed by atoms with Crippen LogP contribution in [-0.2, 0) is 4.79 Å². The molecule has 1 aliphatic rings. The van der Waals surface area contributed by atoms with Gasteiger partial charge in [-0.2, -0.15) is 0 Å². The molecule has 0 bridgehead atoms. The smallest absolute Gasteiger partial charge is 0.216 e. The van der Waals surface area contributed by atoms with Crippen LogP contribution in [0.15, 0.2) is 17.8 Å². The number of rotatable bonds is 3. The van der Waals surface area contributed by atoms with E-state index in [0.29, 0.717) is 5.92 Å². The monoisotopic (exact) mass is 290 g/mol. The van der Waals surface area contributed by atoms with Crippen molar-refractivity contribution < 1.29 is 4.79 Å². The summed E-state index contributed by atoms with van der Waals surface area (Å²) in [5.74, 6) is 1.57.